The first-order chi connectivity index (χ1) is 8.35. The van der Waals surface area contributed by atoms with Crippen molar-refractivity contribution in [2.45, 2.75) is 27.2 Å². The van der Waals surface area contributed by atoms with Crippen molar-refractivity contribution in [2.75, 3.05) is 5.73 Å². The Morgan fingerprint density at radius 2 is 2.00 bits per heavy atom. The minimum Gasteiger partial charge on any atom is -0.507 e. The summed E-state index contributed by atoms with van der Waals surface area (Å²) in [4.78, 5) is 0. The highest BCUT2D eigenvalue weighted by Gasteiger charge is 2.15. The number of nitrogens with zero attached hydrogens (tertiary/aromatic N) is 1. The Balaban J connectivity index is 2.39. The highest BCUT2D eigenvalue weighted by atomic mass is 16.5. The predicted octanol–water partition coefficient (Wildman–Crippen LogP) is 3.22. The molecule has 1 heterocycles. The van der Waals surface area contributed by atoms with E-state index in [2.05, 4.69) is 25.9 Å². The van der Waals surface area contributed by atoms with Crippen molar-refractivity contribution in [1.29, 1.82) is 0 Å². The van der Waals surface area contributed by atoms with Gasteiger partial charge in [0.2, 0.25) is 5.88 Å². The van der Waals surface area contributed by atoms with Crippen LogP contribution in [0.1, 0.15) is 26.3 Å². The van der Waals surface area contributed by atoms with Gasteiger partial charge in [0.15, 0.2) is 0 Å². The molecule has 0 spiro atoms. The summed E-state index contributed by atoms with van der Waals surface area (Å²) in [5, 5.41) is 13.7. The van der Waals surface area contributed by atoms with Gasteiger partial charge in [-0.3, -0.25) is 0 Å². The summed E-state index contributed by atoms with van der Waals surface area (Å²) in [5.41, 5.74) is 8.04. The van der Waals surface area contributed by atoms with Crippen LogP contribution in [0.25, 0.3) is 11.3 Å². The summed E-state index contributed by atoms with van der Waals surface area (Å²) in [6.45, 7) is 6.52. The largest absolute Gasteiger partial charge is 0.507 e. The Labute approximate surface area is 106 Å². The van der Waals surface area contributed by atoms with Crippen molar-refractivity contribution in [3.8, 4) is 17.0 Å². The van der Waals surface area contributed by atoms with Crippen LogP contribution in [0, 0.1) is 5.41 Å². The zero-order valence-electron chi connectivity index (χ0n) is 10.9. The van der Waals surface area contributed by atoms with Crippen LogP contribution >= 0.6 is 0 Å². The molecule has 2 aromatic rings. The summed E-state index contributed by atoms with van der Waals surface area (Å²) in [5.74, 6) is 0.423. The molecule has 0 fully saturated rings. The third-order valence-corrected chi connectivity index (χ3v) is 2.60. The third kappa shape index (κ3) is 2.83. The molecule has 4 heteroatoms. The summed E-state index contributed by atoms with van der Waals surface area (Å²) in [7, 11) is 0. The number of hydrogen-bond donors (Lipinski definition) is 2. The molecule has 0 aliphatic rings. The molecule has 1 aromatic heterocycles. The maximum absolute atomic E-state index is 9.87. The summed E-state index contributed by atoms with van der Waals surface area (Å²) >= 11 is 0. The maximum atomic E-state index is 9.87. The molecule has 0 radical (unpaired) electrons. The van der Waals surface area contributed by atoms with Crippen molar-refractivity contribution < 1.29 is 9.63 Å². The summed E-state index contributed by atoms with van der Waals surface area (Å²) in [6.07, 6.45) is 0.924. The van der Waals surface area contributed by atoms with Gasteiger partial charge in [-0.05, 0) is 29.5 Å². The van der Waals surface area contributed by atoms with Crippen molar-refractivity contribution in [2.24, 2.45) is 5.41 Å². The van der Waals surface area contributed by atoms with Gasteiger partial charge in [-0.1, -0.05) is 32.0 Å². The third-order valence-electron chi connectivity index (χ3n) is 2.60. The molecule has 0 bridgehead atoms. The predicted molar refractivity (Wildman–Crippen MR) is 71.2 cm³/mol. The van der Waals surface area contributed by atoms with Crippen molar-refractivity contribution in [1.82, 2.24) is 5.16 Å². The minimum atomic E-state index is 0.181. The highest BCUT2D eigenvalue weighted by molar-refractivity contribution is 5.68. The van der Waals surface area contributed by atoms with Crippen LogP contribution in [0.3, 0.4) is 0 Å². The van der Waals surface area contributed by atoms with Gasteiger partial charge in [0.25, 0.3) is 0 Å². The number of nitrogens with two attached hydrogens (primary N) is 1. The molecular weight excluding hydrogens is 228 g/mol. The fourth-order valence-electron chi connectivity index (χ4n) is 1.93. The number of anilines is 1. The van der Waals surface area contributed by atoms with Gasteiger partial charge in [-0.2, -0.15) is 0 Å². The van der Waals surface area contributed by atoms with Gasteiger partial charge in [-0.25, -0.2) is 0 Å². The number of aromatic hydroxyl groups is 1. The molecule has 1 aromatic carbocycles. The van der Waals surface area contributed by atoms with Gasteiger partial charge in [0.05, 0.1) is 0 Å². The molecule has 96 valence electrons. The first-order valence-corrected chi connectivity index (χ1v) is 5.90. The van der Waals surface area contributed by atoms with E-state index < -0.39 is 0 Å². The molecule has 0 aliphatic carbocycles. The molecule has 3 N–H and O–H groups in total. The maximum Gasteiger partial charge on any atom is 0.222 e. The molecule has 2 rings (SSSR count). The van der Waals surface area contributed by atoms with E-state index in [0.717, 1.165) is 12.0 Å². The minimum absolute atomic E-state index is 0.181. The van der Waals surface area contributed by atoms with Crippen LogP contribution in [-0.2, 0) is 6.42 Å². The second-order valence-electron chi connectivity index (χ2n) is 5.70. The molecule has 4 nitrogen and oxygen atoms in total. The fraction of sp³-hybridized carbons (Fsp3) is 0.357. The van der Waals surface area contributed by atoms with Crippen LogP contribution in [0.15, 0.2) is 28.8 Å². The molecule has 0 atom stereocenters. The normalized spacial score (nSPS) is 11.7. The lowest BCUT2D eigenvalue weighted by molar-refractivity contribution is 0.410. The lowest BCUT2D eigenvalue weighted by Gasteiger charge is -2.18. The quantitative estimate of drug-likeness (QED) is 0.853. The number of rotatable bonds is 2. The van der Waals surface area contributed by atoms with Gasteiger partial charge >= 0.3 is 0 Å². The Morgan fingerprint density at radius 3 is 2.56 bits per heavy atom. The Hall–Kier alpha value is -1.97. The fourth-order valence-corrected chi connectivity index (χ4v) is 1.93. The molecule has 0 amide bonds. The van der Waals surface area contributed by atoms with Crippen LogP contribution in [0.5, 0.6) is 5.75 Å². The van der Waals surface area contributed by atoms with E-state index in [0.29, 0.717) is 11.3 Å². The number of phenols is 1. The average Bonchev–Trinajstić information content (AvgIpc) is 2.66. The van der Waals surface area contributed by atoms with Crippen LogP contribution < -0.4 is 5.73 Å². The Morgan fingerprint density at radius 1 is 1.28 bits per heavy atom. The van der Waals surface area contributed by atoms with Gasteiger partial charge in [0, 0.05) is 11.6 Å². The Kier molecular flexibility index (Phi) is 3.03. The number of benzene rings is 1. The standard InChI is InChI=1S/C14H18N2O2/c1-14(2,3)8-9-4-5-12(17)10(6-9)11-7-13(15)18-16-11/h4-7,17H,8,15H2,1-3H3. The zero-order valence-corrected chi connectivity index (χ0v) is 10.9. The number of nitrogen functional groups attached to an aromatic ring is 1. The zero-order chi connectivity index (χ0) is 13.3. The van der Waals surface area contributed by atoms with Crippen LogP contribution in [0.2, 0.25) is 0 Å². The van der Waals surface area contributed by atoms with E-state index in [-0.39, 0.29) is 17.0 Å². The summed E-state index contributed by atoms with van der Waals surface area (Å²) in [6, 6.07) is 7.14. The number of hydrogen-bond acceptors (Lipinski definition) is 4. The molecule has 0 unspecified atom stereocenters. The topological polar surface area (TPSA) is 72.3 Å². The SMILES string of the molecule is CC(C)(C)Cc1ccc(O)c(-c2cc(N)on2)c1. The van der Waals surface area contributed by atoms with E-state index in [9.17, 15) is 5.11 Å². The van der Waals surface area contributed by atoms with Gasteiger partial charge in [0.1, 0.15) is 11.4 Å². The smallest absolute Gasteiger partial charge is 0.222 e. The lowest BCUT2D eigenvalue weighted by atomic mass is 9.87. The van der Waals surface area contributed by atoms with Crippen molar-refractivity contribution >= 4 is 5.88 Å². The van der Waals surface area contributed by atoms with E-state index in [1.165, 1.54) is 0 Å². The molecule has 0 saturated heterocycles. The number of aromatic nitrogens is 1. The Bertz CT molecular complexity index is 553. The molecule has 18 heavy (non-hydrogen) atoms. The van der Waals surface area contributed by atoms with Gasteiger partial charge < -0.3 is 15.4 Å². The summed E-state index contributed by atoms with van der Waals surface area (Å²) < 4.78 is 4.83. The monoisotopic (exact) mass is 246 g/mol. The van der Waals surface area contributed by atoms with E-state index in [4.69, 9.17) is 10.3 Å². The molecule has 0 aliphatic heterocycles. The average molecular weight is 246 g/mol. The van der Waals surface area contributed by atoms with E-state index in [1.807, 2.05) is 12.1 Å². The highest BCUT2D eigenvalue weighted by Crippen LogP contribution is 2.32. The van der Waals surface area contributed by atoms with E-state index >= 15 is 0 Å². The first kappa shape index (κ1) is 12.5. The number of phenolic OH excluding ortho intramolecular Hbond substituents is 1. The first-order valence-electron chi connectivity index (χ1n) is 5.90. The van der Waals surface area contributed by atoms with Crippen LogP contribution in [-0.4, -0.2) is 10.3 Å². The van der Waals surface area contributed by atoms with E-state index in [1.54, 1.807) is 12.1 Å². The second kappa shape index (κ2) is 4.37. The van der Waals surface area contributed by atoms with Crippen molar-refractivity contribution in [3.05, 3.63) is 29.8 Å². The molecular formula is C14H18N2O2. The van der Waals surface area contributed by atoms with Crippen molar-refractivity contribution in [3.63, 3.8) is 0 Å². The van der Waals surface area contributed by atoms with Gasteiger partial charge in [-0.15, -0.1) is 0 Å². The van der Waals surface area contributed by atoms with Crippen LogP contribution in [0.4, 0.5) is 5.88 Å². The second-order valence-corrected chi connectivity index (χ2v) is 5.70. The lowest BCUT2D eigenvalue weighted by Crippen LogP contribution is -2.09. The molecule has 0 saturated carbocycles.